The first-order chi connectivity index (χ1) is 13.3. The van der Waals surface area contributed by atoms with Crippen LogP contribution in [0.15, 0.2) is 42.6 Å². The number of fused-ring (bicyclic) bond motifs is 1. The van der Waals surface area contributed by atoms with Gasteiger partial charge in [0.2, 0.25) is 11.8 Å². The first-order valence-corrected chi connectivity index (χ1v) is 10.2. The van der Waals surface area contributed by atoms with Crippen molar-refractivity contribution in [1.29, 1.82) is 0 Å². The Kier molecular flexibility index (Phi) is 6.14. The summed E-state index contributed by atoms with van der Waals surface area (Å²) in [6, 6.07) is 11.4. The number of halogens is 1. The summed E-state index contributed by atoms with van der Waals surface area (Å²) in [5.41, 5.74) is 1.95. The van der Waals surface area contributed by atoms with E-state index >= 15 is 0 Å². The van der Waals surface area contributed by atoms with E-state index in [1.165, 1.54) is 0 Å². The highest BCUT2D eigenvalue weighted by Gasteiger charge is 2.35. The molecule has 0 saturated heterocycles. The van der Waals surface area contributed by atoms with Crippen LogP contribution in [0.1, 0.15) is 45.0 Å². The van der Waals surface area contributed by atoms with Crippen LogP contribution in [0.5, 0.6) is 0 Å². The monoisotopic (exact) mass is 401 g/mol. The number of carbonyl (C=O) groups is 2. The summed E-state index contributed by atoms with van der Waals surface area (Å²) in [5.74, 6) is -0.203. The predicted octanol–water partition coefficient (Wildman–Crippen LogP) is 3.97. The van der Waals surface area contributed by atoms with Gasteiger partial charge in [0.15, 0.2) is 0 Å². The first kappa shape index (κ1) is 20.5. The highest BCUT2D eigenvalue weighted by molar-refractivity contribution is 6.31. The van der Waals surface area contributed by atoms with Gasteiger partial charge in [-0.1, -0.05) is 43.6 Å². The molecule has 0 saturated carbocycles. The SMILES string of the molecule is CC(C)C(=O)N(CC(=O)N1CCn2cccc2C1c1ccccc1Cl)C(C)C. The van der Waals surface area contributed by atoms with Crippen LogP contribution in [0.2, 0.25) is 5.02 Å². The van der Waals surface area contributed by atoms with Crippen molar-refractivity contribution >= 4 is 23.4 Å². The Hall–Kier alpha value is -2.27. The highest BCUT2D eigenvalue weighted by Crippen LogP contribution is 2.36. The molecular formula is C22H28ClN3O2. The number of carbonyl (C=O) groups excluding carboxylic acids is 2. The average molecular weight is 402 g/mol. The van der Waals surface area contributed by atoms with Crippen LogP contribution in [0.3, 0.4) is 0 Å². The van der Waals surface area contributed by atoms with E-state index < -0.39 is 0 Å². The van der Waals surface area contributed by atoms with E-state index in [-0.39, 0.29) is 36.4 Å². The number of nitrogens with zero attached hydrogens (tertiary/aromatic N) is 3. The molecule has 2 aromatic rings. The number of aromatic nitrogens is 1. The van der Waals surface area contributed by atoms with Gasteiger partial charge in [-0.25, -0.2) is 0 Å². The van der Waals surface area contributed by atoms with Crippen LogP contribution in [-0.2, 0) is 16.1 Å². The normalized spacial score (nSPS) is 16.4. The van der Waals surface area contributed by atoms with Crippen LogP contribution < -0.4 is 0 Å². The molecule has 28 heavy (non-hydrogen) atoms. The predicted molar refractivity (Wildman–Crippen MR) is 111 cm³/mol. The second-order valence-corrected chi connectivity index (χ2v) is 8.26. The molecule has 1 aliphatic heterocycles. The van der Waals surface area contributed by atoms with Gasteiger partial charge in [0, 0.05) is 42.0 Å². The number of hydrogen-bond donors (Lipinski definition) is 0. The van der Waals surface area contributed by atoms with Crippen molar-refractivity contribution in [1.82, 2.24) is 14.4 Å². The van der Waals surface area contributed by atoms with Crippen molar-refractivity contribution in [3.8, 4) is 0 Å². The van der Waals surface area contributed by atoms with Crippen LogP contribution in [0, 0.1) is 5.92 Å². The second kappa shape index (κ2) is 8.39. The lowest BCUT2D eigenvalue weighted by atomic mass is 9.99. The van der Waals surface area contributed by atoms with E-state index in [2.05, 4.69) is 4.57 Å². The first-order valence-electron chi connectivity index (χ1n) is 9.80. The highest BCUT2D eigenvalue weighted by atomic mass is 35.5. The summed E-state index contributed by atoms with van der Waals surface area (Å²) >= 11 is 6.50. The maximum atomic E-state index is 13.3. The molecule has 150 valence electrons. The smallest absolute Gasteiger partial charge is 0.243 e. The third-order valence-corrected chi connectivity index (χ3v) is 5.61. The summed E-state index contributed by atoms with van der Waals surface area (Å²) in [5, 5.41) is 0.638. The summed E-state index contributed by atoms with van der Waals surface area (Å²) in [7, 11) is 0. The topological polar surface area (TPSA) is 45.6 Å². The van der Waals surface area contributed by atoms with Gasteiger partial charge >= 0.3 is 0 Å². The van der Waals surface area contributed by atoms with Crippen molar-refractivity contribution in [3.63, 3.8) is 0 Å². The van der Waals surface area contributed by atoms with E-state index in [0.29, 0.717) is 11.6 Å². The van der Waals surface area contributed by atoms with E-state index in [1.807, 2.05) is 75.2 Å². The number of hydrogen-bond acceptors (Lipinski definition) is 2. The van der Waals surface area contributed by atoms with Crippen molar-refractivity contribution < 1.29 is 9.59 Å². The maximum Gasteiger partial charge on any atom is 0.243 e. The molecule has 0 radical (unpaired) electrons. The molecule has 1 unspecified atom stereocenters. The molecule has 1 atom stereocenters. The molecule has 2 heterocycles. The minimum Gasteiger partial charge on any atom is -0.348 e. The second-order valence-electron chi connectivity index (χ2n) is 7.85. The summed E-state index contributed by atoms with van der Waals surface area (Å²) in [6.07, 6.45) is 2.03. The molecule has 0 fully saturated rings. The third kappa shape index (κ3) is 3.95. The van der Waals surface area contributed by atoms with Gasteiger partial charge in [-0.05, 0) is 37.6 Å². The lowest BCUT2D eigenvalue weighted by Gasteiger charge is -2.39. The van der Waals surface area contributed by atoms with Crippen molar-refractivity contribution in [2.24, 2.45) is 5.92 Å². The average Bonchev–Trinajstić information content (AvgIpc) is 3.13. The molecule has 0 aliphatic carbocycles. The summed E-state index contributed by atoms with van der Waals surface area (Å²) < 4.78 is 2.16. The van der Waals surface area contributed by atoms with E-state index in [9.17, 15) is 9.59 Å². The minimum atomic E-state index is -0.256. The zero-order chi connectivity index (χ0) is 20.4. The minimum absolute atomic E-state index is 0.00183. The van der Waals surface area contributed by atoms with Gasteiger partial charge in [0.05, 0.1) is 6.04 Å². The molecule has 1 aliphatic rings. The molecule has 5 nitrogen and oxygen atoms in total. The van der Waals surface area contributed by atoms with E-state index in [4.69, 9.17) is 11.6 Å². The fraction of sp³-hybridized carbons (Fsp3) is 0.455. The fourth-order valence-corrected chi connectivity index (χ4v) is 4.00. The van der Waals surface area contributed by atoms with Gasteiger partial charge in [-0.15, -0.1) is 0 Å². The number of amides is 2. The van der Waals surface area contributed by atoms with Gasteiger partial charge < -0.3 is 14.4 Å². The van der Waals surface area contributed by atoms with Gasteiger partial charge in [0.1, 0.15) is 6.54 Å². The molecule has 0 spiro atoms. The number of benzene rings is 1. The molecule has 1 aromatic heterocycles. The molecule has 6 heteroatoms. The third-order valence-electron chi connectivity index (χ3n) is 5.26. The van der Waals surface area contributed by atoms with Gasteiger partial charge in [0.25, 0.3) is 0 Å². The maximum absolute atomic E-state index is 13.3. The molecule has 0 bridgehead atoms. The quantitative estimate of drug-likeness (QED) is 0.761. The zero-order valence-electron chi connectivity index (χ0n) is 16.9. The van der Waals surface area contributed by atoms with Crippen LogP contribution in [0.4, 0.5) is 0 Å². The van der Waals surface area contributed by atoms with E-state index in [1.54, 1.807) is 4.90 Å². The van der Waals surface area contributed by atoms with E-state index in [0.717, 1.165) is 17.8 Å². The Morgan fingerprint density at radius 1 is 1.11 bits per heavy atom. The fourth-order valence-electron chi connectivity index (χ4n) is 3.76. The molecule has 3 rings (SSSR count). The lowest BCUT2D eigenvalue weighted by molar-refractivity contribution is -0.145. The Balaban J connectivity index is 1.94. The zero-order valence-corrected chi connectivity index (χ0v) is 17.7. The van der Waals surface area contributed by atoms with Gasteiger partial charge in [-0.2, -0.15) is 0 Å². The lowest BCUT2D eigenvalue weighted by Crippen LogP contribution is -2.50. The van der Waals surface area contributed by atoms with Crippen LogP contribution in [-0.4, -0.2) is 45.3 Å². The molecule has 1 aromatic carbocycles. The molecule has 2 amide bonds. The summed E-state index contributed by atoms with van der Waals surface area (Å²) in [4.78, 5) is 29.5. The largest absolute Gasteiger partial charge is 0.348 e. The Labute approximate surface area is 171 Å². The Morgan fingerprint density at radius 3 is 2.46 bits per heavy atom. The van der Waals surface area contributed by atoms with Crippen molar-refractivity contribution in [2.75, 3.05) is 13.1 Å². The Bertz CT molecular complexity index is 859. The summed E-state index contributed by atoms with van der Waals surface area (Å²) in [6.45, 7) is 9.01. The van der Waals surface area contributed by atoms with Crippen molar-refractivity contribution in [2.45, 2.75) is 46.3 Å². The Morgan fingerprint density at radius 2 is 1.82 bits per heavy atom. The van der Waals surface area contributed by atoms with Gasteiger partial charge in [-0.3, -0.25) is 9.59 Å². The number of rotatable bonds is 5. The van der Waals surface area contributed by atoms with Crippen LogP contribution >= 0.6 is 11.6 Å². The molecular weight excluding hydrogens is 374 g/mol. The van der Waals surface area contributed by atoms with Crippen molar-refractivity contribution in [3.05, 3.63) is 58.9 Å². The molecule has 0 N–H and O–H groups in total. The standard InChI is InChI=1S/C22H28ClN3O2/c1-15(2)22(28)26(16(3)4)14-20(27)25-13-12-24-11-7-10-19(24)21(25)17-8-5-6-9-18(17)23/h5-11,15-16,21H,12-14H2,1-4H3. The van der Waals surface area contributed by atoms with Crippen LogP contribution in [0.25, 0.3) is 0 Å².